The predicted molar refractivity (Wildman–Crippen MR) is 101 cm³/mol. The molecule has 0 aliphatic carbocycles. The molecule has 2 aromatic rings. The number of aromatic nitrogens is 2. The summed E-state index contributed by atoms with van der Waals surface area (Å²) in [5.74, 6) is 0.687. The normalized spacial score (nSPS) is 12.9. The third-order valence-corrected chi connectivity index (χ3v) is 3.92. The molecule has 0 saturated carbocycles. The molecule has 0 spiro atoms. The first-order valence-electron chi connectivity index (χ1n) is 8.67. The number of hydrogen-bond donors (Lipinski definition) is 1. The smallest absolute Gasteiger partial charge is 0.405 e. The molecule has 0 aliphatic rings. The molecule has 27 heavy (non-hydrogen) atoms. The maximum absolute atomic E-state index is 11.2. The van der Waals surface area contributed by atoms with Crippen LogP contribution in [-0.2, 0) is 4.74 Å². The van der Waals surface area contributed by atoms with Gasteiger partial charge in [0.25, 0.3) is 0 Å². The van der Waals surface area contributed by atoms with Crippen molar-refractivity contribution in [3.05, 3.63) is 41.9 Å². The molecule has 7 nitrogen and oxygen atoms in total. The molecule has 0 saturated heterocycles. The Kier molecular flexibility index (Phi) is 6.35. The molecule has 0 radical (unpaired) electrons. The number of primary amides is 1. The molecule has 1 atom stereocenters. The molecule has 2 rings (SSSR count). The van der Waals surface area contributed by atoms with Crippen molar-refractivity contribution >= 4 is 6.09 Å². The Morgan fingerprint density at radius 2 is 2.07 bits per heavy atom. The van der Waals surface area contributed by atoms with Gasteiger partial charge in [0, 0.05) is 11.3 Å². The fraction of sp³-hybridized carbons (Fsp3) is 0.400. The quantitative estimate of drug-likeness (QED) is 0.799. The fourth-order valence-corrected chi connectivity index (χ4v) is 2.98. The highest BCUT2D eigenvalue weighted by molar-refractivity contribution is 5.65. The zero-order chi connectivity index (χ0) is 20.0. The highest BCUT2D eigenvalue weighted by Crippen LogP contribution is 2.28. The van der Waals surface area contributed by atoms with Crippen LogP contribution < -0.4 is 10.5 Å². The zero-order valence-electron chi connectivity index (χ0n) is 16.0. The summed E-state index contributed by atoms with van der Waals surface area (Å²) in [4.78, 5) is 19.5. The number of aryl methyl sites for hydroxylation is 1. The molecule has 7 heteroatoms. The number of hydrogen-bond acceptors (Lipinski definition) is 6. The van der Waals surface area contributed by atoms with Crippen molar-refractivity contribution in [2.75, 3.05) is 6.61 Å². The van der Waals surface area contributed by atoms with Gasteiger partial charge in [0.05, 0.1) is 11.3 Å². The Balaban J connectivity index is 2.23. The molecule has 142 valence electrons. The Labute approximate surface area is 159 Å². The molecule has 1 heterocycles. The molecule has 0 aliphatic heterocycles. The maximum atomic E-state index is 11.2. The molecular weight excluding hydrogens is 344 g/mol. The van der Waals surface area contributed by atoms with E-state index in [4.69, 9.17) is 15.2 Å². The van der Waals surface area contributed by atoms with Crippen LogP contribution in [0.1, 0.15) is 38.4 Å². The van der Waals surface area contributed by atoms with Crippen molar-refractivity contribution in [3.63, 3.8) is 0 Å². The predicted octanol–water partition coefficient (Wildman–Crippen LogP) is 3.60. The van der Waals surface area contributed by atoms with Crippen LogP contribution in [0.15, 0.2) is 30.6 Å². The highest BCUT2D eigenvalue weighted by Gasteiger charge is 2.30. The zero-order valence-corrected chi connectivity index (χ0v) is 16.0. The van der Waals surface area contributed by atoms with Gasteiger partial charge in [-0.25, -0.2) is 14.8 Å². The number of benzene rings is 1. The first-order chi connectivity index (χ1) is 12.7. The van der Waals surface area contributed by atoms with Crippen LogP contribution in [0, 0.1) is 24.2 Å². The number of amides is 1. The monoisotopic (exact) mass is 368 g/mol. The van der Waals surface area contributed by atoms with Gasteiger partial charge in [-0.1, -0.05) is 13.8 Å². The maximum Gasteiger partial charge on any atom is 0.405 e. The van der Waals surface area contributed by atoms with E-state index in [1.807, 2.05) is 32.9 Å². The molecular formula is C20H24N4O3. The number of carbonyl (C=O) groups excluding carboxylic acids is 1. The lowest BCUT2D eigenvalue weighted by atomic mass is 9.95. The lowest BCUT2D eigenvalue weighted by Crippen LogP contribution is -2.41. The van der Waals surface area contributed by atoms with Crippen molar-refractivity contribution in [3.8, 4) is 23.1 Å². The minimum atomic E-state index is -0.880. The average Bonchev–Trinajstić information content (AvgIpc) is 2.58. The highest BCUT2D eigenvalue weighted by atomic mass is 16.6. The SMILES string of the molecule is Cc1cc(-c2ccc(OC[C@](C)(CC(C)C)OC(N)=O)c(C#N)c2)ncn1. The standard InChI is InChI=1S/C20H24N4O3/c1-13(2)9-20(4,27-19(22)25)11-26-18-6-5-15(8-16(18)10-21)17-7-14(3)23-12-24-17/h5-8,12-13H,9,11H2,1-4H3,(H2,22,25)/t20-/m0/s1. The number of carbonyl (C=O) groups is 1. The van der Waals surface area contributed by atoms with E-state index in [1.165, 1.54) is 6.33 Å². The summed E-state index contributed by atoms with van der Waals surface area (Å²) in [6.45, 7) is 7.77. The van der Waals surface area contributed by atoms with E-state index in [0.717, 1.165) is 17.0 Å². The van der Waals surface area contributed by atoms with Gasteiger partial charge in [-0.3, -0.25) is 0 Å². The van der Waals surface area contributed by atoms with Crippen molar-refractivity contribution < 1.29 is 14.3 Å². The van der Waals surface area contributed by atoms with Crippen LogP contribution >= 0.6 is 0 Å². The van der Waals surface area contributed by atoms with Crippen LogP contribution in [0.4, 0.5) is 4.79 Å². The summed E-state index contributed by atoms with van der Waals surface area (Å²) in [6, 6.07) is 9.24. The van der Waals surface area contributed by atoms with E-state index in [0.29, 0.717) is 17.7 Å². The van der Waals surface area contributed by atoms with Crippen LogP contribution in [-0.4, -0.2) is 28.3 Å². The number of nitrogens with zero attached hydrogens (tertiary/aromatic N) is 3. The first-order valence-corrected chi connectivity index (χ1v) is 8.67. The summed E-state index contributed by atoms with van der Waals surface area (Å²) in [7, 11) is 0. The second kappa shape index (κ2) is 8.49. The summed E-state index contributed by atoms with van der Waals surface area (Å²) >= 11 is 0. The van der Waals surface area contributed by atoms with E-state index < -0.39 is 11.7 Å². The van der Waals surface area contributed by atoms with Gasteiger partial charge in [-0.15, -0.1) is 0 Å². The summed E-state index contributed by atoms with van der Waals surface area (Å²) in [6.07, 6.45) is 1.22. The van der Waals surface area contributed by atoms with E-state index in [9.17, 15) is 10.1 Å². The molecule has 0 unspecified atom stereocenters. The van der Waals surface area contributed by atoms with Gasteiger partial charge in [-0.05, 0) is 50.5 Å². The minimum Gasteiger partial charge on any atom is -0.488 e. The molecule has 0 fully saturated rings. The van der Waals surface area contributed by atoms with E-state index in [1.54, 1.807) is 19.1 Å². The van der Waals surface area contributed by atoms with E-state index >= 15 is 0 Å². The van der Waals surface area contributed by atoms with Crippen molar-refractivity contribution in [1.82, 2.24) is 9.97 Å². The largest absolute Gasteiger partial charge is 0.488 e. The first kappa shape index (κ1) is 20.2. The van der Waals surface area contributed by atoms with Crippen molar-refractivity contribution in [2.45, 2.75) is 39.7 Å². The lowest BCUT2D eigenvalue weighted by Gasteiger charge is -2.30. The van der Waals surface area contributed by atoms with Crippen molar-refractivity contribution in [1.29, 1.82) is 5.26 Å². The Morgan fingerprint density at radius 3 is 2.67 bits per heavy atom. The number of nitriles is 1. The molecule has 1 amide bonds. The number of rotatable bonds is 7. The van der Waals surface area contributed by atoms with Gasteiger partial charge in [0.2, 0.25) is 0 Å². The van der Waals surface area contributed by atoms with Gasteiger partial charge < -0.3 is 15.2 Å². The summed E-state index contributed by atoms with van der Waals surface area (Å²) in [5, 5.41) is 9.50. The van der Waals surface area contributed by atoms with Gasteiger partial charge in [0.15, 0.2) is 0 Å². The summed E-state index contributed by atoms with van der Waals surface area (Å²) in [5.41, 5.74) is 7.05. The molecule has 0 bridgehead atoms. The van der Waals surface area contributed by atoms with Crippen LogP contribution in [0.25, 0.3) is 11.3 Å². The second-order valence-electron chi connectivity index (χ2n) is 7.13. The topological polar surface area (TPSA) is 111 Å². The van der Waals surface area contributed by atoms with Gasteiger partial charge in [-0.2, -0.15) is 5.26 Å². The van der Waals surface area contributed by atoms with Gasteiger partial charge >= 0.3 is 6.09 Å². The Hall–Kier alpha value is -3.14. The second-order valence-corrected chi connectivity index (χ2v) is 7.13. The molecule has 1 aromatic heterocycles. The Bertz CT molecular complexity index is 861. The fourth-order valence-electron chi connectivity index (χ4n) is 2.98. The molecule has 2 N–H and O–H groups in total. The number of nitrogens with two attached hydrogens (primary N) is 1. The lowest BCUT2D eigenvalue weighted by molar-refractivity contribution is -0.0186. The summed E-state index contributed by atoms with van der Waals surface area (Å²) < 4.78 is 11.1. The molecule has 1 aromatic carbocycles. The third kappa shape index (κ3) is 5.68. The minimum absolute atomic E-state index is 0.0920. The van der Waals surface area contributed by atoms with Crippen LogP contribution in [0.5, 0.6) is 5.75 Å². The average molecular weight is 368 g/mol. The van der Waals surface area contributed by atoms with Gasteiger partial charge in [0.1, 0.15) is 30.4 Å². The van der Waals surface area contributed by atoms with Crippen molar-refractivity contribution in [2.24, 2.45) is 11.7 Å². The van der Waals surface area contributed by atoms with E-state index in [2.05, 4.69) is 16.0 Å². The van der Waals surface area contributed by atoms with E-state index in [-0.39, 0.29) is 12.5 Å². The Morgan fingerprint density at radius 1 is 1.33 bits per heavy atom. The number of ether oxygens (including phenoxy) is 2. The third-order valence-electron chi connectivity index (χ3n) is 3.92. The van der Waals surface area contributed by atoms with Crippen LogP contribution in [0.2, 0.25) is 0 Å². The van der Waals surface area contributed by atoms with Crippen LogP contribution in [0.3, 0.4) is 0 Å².